The van der Waals surface area contributed by atoms with Gasteiger partial charge in [-0.05, 0) is 38.7 Å². The van der Waals surface area contributed by atoms with E-state index in [1.807, 2.05) is 32.0 Å². The summed E-state index contributed by atoms with van der Waals surface area (Å²) >= 11 is 0. The number of hydrogen-bond acceptors (Lipinski definition) is 4. The first kappa shape index (κ1) is 19.7. The standard InChI is InChI=1S/C22H31NO4/c1-13(2)23-21(25)27-12-22-11-26-20(17-8-6-7-9-18(17)24)19(16(22)5)14(3)10-15(22)4/h6-10,13,15-16,19-20,24H,11-12H2,1-5H3,(H,23,25)/t15?,16-,19?,20?,22+/m0/s1. The van der Waals surface area contributed by atoms with E-state index in [-0.39, 0.29) is 47.2 Å². The molecule has 0 saturated carbocycles. The third-order valence-electron chi connectivity index (χ3n) is 6.37. The molecule has 5 nitrogen and oxygen atoms in total. The SMILES string of the molecule is CC1=CC(C)[C@]2(COC(=O)NC(C)C)COC(c3ccccc3O)C1[C@@H]2C. The van der Waals surface area contributed by atoms with E-state index in [0.717, 1.165) is 5.56 Å². The number of carbonyl (C=O) groups is 1. The molecular weight excluding hydrogens is 342 g/mol. The highest BCUT2D eigenvalue weighted by molar-refractivity contribution is 5.67. The lowest BCUT2D eigenvalue weighted by Gasteiger charge is -2.55. The Morgan fingerprint density at radius 2 is 2.07 bits per heavy atom. The van der Waals surface area contributed by atoms with Crippen molar-refractivity contribution >= 4 is 6.09 Å². The molecule has 1 aromatic rings. The molecule has 1 heterocycles. The minimum Gasteiger partial charge on any atom is -0.508 e. The van der Waals surface area contributed by atoms with Gasteiger partial charge in [0.25, 0.3) is 0 Å². The number of ether oxygens (including phenoxy) is 2. The van der Waals surface area contributed by atoms with Gasteiger partial charge in [0.15, 0.2) is 0 Å². The number of hydrogen-bond donors (Lipinski definition) is 2. The molecule has 1 aromatic carbocycles. The molecule has 3 unspecified atom stereocenters. The first-order valence-electron chi connectivity index (χ1n) is 9.77. The summed E-state index contributed by atoms with van der Waals surface area (Å²) in [5.41, 5.74) is 1.83. The molecule has 0 radical (unpaired) electrons. The zero-order chi connectivity index (χ0) is 19.8. The second-order valence-electron chi connectivity index (χ2n) is 8.41. The third-order valence-corrected chi connectivity index (χ3v) is 6.37. The van der Waals surface area contributed by atoms with E-state index < -0.39 is 0 Å². The van der Waals surface area contributed by atoms with Crippen LogP contribution in [0.25, 0.3) is 0 Å². The summed E-state index contributed by atoms with van der Waals surface area (Å²) in [6.45, 7) is 11.2. The van der Waals surface area contributed by atoms with Gasteiger partial charge in [-0.3, -0.25) is 0 Å². The van der Waals surface area contributed by atoms with E-state index in [1.54, 1.807) is 6.07 Å². The largest absolute Gasteiger partial charge is 0.508 e. The minimum atomic E-state index is -0.385. The summed E-state index contributed by atoms with van der Waals surface area (Å²) in [4.78, 5) is 12.0. The van der Waals surface area contributed by atoms with E-state index >= 15 is 0 Å². The number of rotatable bonds is 4. The van der Waals surface area contributed by atoms with Crippen LogP contribution in [0.1, 0.15) is 46.3 Å². The Hall–Kier alpha value is -2.01. The molecule has 1 aliphatic carbocycles. The normalized spacial score (nSPS) is 32.7. The van der Waals surface area contributed by atoms with Crippen molar-refractivity contribution in [3.63, 3.8) is 0 Å². The number of carbonyl (C=O) groups excluding carboxylic acids is 1. The Bertz CT molecular complexity index is 729. The Morgan fingerprint density at radius 1 is 1.37 bits per heavy atom. The molecule has 3 rings (SSSR count). The first-order chi connectivity index (χ1) is 12.8. The molecular formula is C22H31NO4. The zero-order valence-electron chi connectivity index (χ0n) is 16.9. The van der Waals surface area contributed by atoms with Crippen LogP contribution in [0.4, 0.5) is 4.79 Å². The number of phenols is 1. The van der Waals surface area contributed by atoms with Crippen molar-refractivity contribution < 1.29 is 19.4 Å². The maximum absolute atomic E-state index is 12.0. The number of alkyl carbamates (subject to hydrolysis) is 1. The highest BCUT2D eigenvalue weighted by Gasteiger charge is 2.54. The topological polar surface area (TPSA) is 67.8 Å². The van der Waals surface area contributed by atoms with Crippen molar-refractivity contribution in [2.75, 3.05) is 13.2 Å². The quantitative estimate of drug-likeness (QED) is 0.766. The summed E-state index contributed by atoms with van der Waals surface area (Å²) in [6, 6.07) is 7.42. The van der Waals surface area contributed by atoms with Crippen LogP contribution in [0.15, 0.2) is 35.9 Å². The van der Waals surface area contributed by atoms with E-state index in [0.29, 0.717) is 13.2 Å². The van der Waals surface area contributed by atoms with Crippen molar-refractivity contribution in [2.24, 2.45) is 23.2 Å². The van der Waals surface area contributed by atoms with Crippen LogP contribution < -0.4 is 5.32 Å². The van der Waals surface area contributed by atoms with Crippen LogP contribution >= 0.6 is 0 Å². The van der Waals surface area contributed by atoms with Gasteiger partial charge in [0.05, 0.1) is 12.7 Å². The lowest BCUT2D eigenvalue weighted by Crippen LogP contribution is -2.55. The van der Waals surface area contributed by atoms with E-state index in [4.69, 9.17) is 9.47 Å². The number of para-hydroxylation sites is 1. The second-order valence-corrected chi connectivity index (χ2v) is 8.41. The summed E-state index contributed by atoms with van der Waals surface area (Å²) in [7, 11) is 0. The number of benzene rings is 1. The second kappa shape index (κ2) is 7.55. The molecule has 27 heavy (non-hydrogen) atoms. The number of amides is 1. The van der Waals surface area contributed by atoms with Crippen molar-refractivity contribution in [3.8, 4) is 5.75 Å². The van der Waals surface area contributed by atoms with E-state index in [2.05, 4.69) is 32.2 Å². The maximum Gasteiger partial charge on any atom is 0.407 e. The summed E-state index contributed by atoms with van der Waals surface area (Å²) in [5.74, 6) is 0.893. The number of allylic oxidation sites excluding steroid dienone is 1. The van der Waals surface area contributed by atoms with Crippen LogP contribution in [0, 0.1) is 23.2 Å². The lowest BCUT2D eigenvalue weighted by molar-refractivity contribution is -0.166. The van der Waals surface area contributed by atoms with Crippen LogP contribution in [-0.4, -0.2) is 30.5 Å². The predicted molar refractivity (Wildman–Crippen MR) is 104 cm³/mol. The minimum absolute atomic E-state index is 0.0409. The number of phenolic OH excluding ortho intramolecular Hbond substituents is 1. The molecule has 5 heteroatoms. The fourth-order valence-corrected chi connectivity index (χ4v) is 4.74. The average Bonchev–Trinajstić information content (AvgIpc) is 2.59. The molecule has 2 aliphatic rings. The fraction of sp³-hybridized carbons (Fsp3) is 0.591. The van der Waals surface area contributed by atoms with E-state index in [9.17, 15) is 9.90 Å². The molecule has 148 valence electrons. The number of fused-ring (bicyclic) bond motifs is 2. The Morgan fingerprint density at radius 3 is 2.74 bits per heavy atom. The van der Waals surface area contributed by atoms with Gasteiger partial charge in [-0.15, -0.1) is 0 Å². The Balaban J connectivity index is 1.87. The van der Waals surface area contributed by atoms with Crippen LogP contribution in [0.2, 0.25) is 0 Å². The lowest BCUT2D eigenvalue weighted by atomic mass is 9.56. The highest BCUT2D eigenvalue weighted by atomic mass is 16.6. The van der Waals surface area contributed by atoms with Gasteiger partial charge in [0, 0.05) is 22.9 Å². The molecule has 5 atom stereocenters. The summed E-state index contributed by atoms with van der Waals surface area (Å²) < 4.78 is 11.9. The molecule has 0 aromatic heterocycles. The molecule has 2 N–H and O–H groups in total. The molecule has 1 aliphatic heterocycles. The molecule has 2 bridgehead atoms. The summed E-state index contributed by atoms with van der Waals surface area (Å²) in [6.07, 6.45) is 1.70. The third kappa shape index (κ3) is 3.57. The van der Waals surface area contributed by atoms with Crippen molar-refractivity contribution in [2.45, 2.75) is 46.8 Å². The Labute approximate surface area is 161 Å². The monoisotopic (exact) mass is 373 g/mol. The van der Waals surface area contributed by atoms with Gasteiger partial charge >= 0.3 is 6.09 Å². The van der Waals surface area contributed by atoms with Gasteiger partial charge in [0.1, 0.15) is 12.4 Å². The number of aromatic hydroxyl groups is 1. The molecule has 0 spiro atoms. The smallest absolute Gasteiger partial charge is 0.407 e. The van der Waals surface area contributed by atoms with Crippen LogP contribution in [0.5, 0.6) is 5.75 Å². The average molecular weight is 373 g/mol. The zero-order valence-corrected chi connectivity index (χ0v) is 16.9. The van der Waals surface area contributed by atoms with Crippen molar-refractivity contribution in [1.29, 1.82) is 0 Å². The van der Waals surface area contributed by atoms with Gasteiger partial charge in [0.2, 0.25) is 0 Å². The summed E-state index contributed by atoms with van der Waals surface area (Å²) in [5, 5.41) is 13.1. The number of nitrogens with one attached hydrogen (secondary N) is 1. The van der Waals surface area contributed by atoms with E-state index in [1.165, 1.54) is 5.57 Å². The van der Waals surface area contributed by atoms with Crippen LogP contribution in [-0.2, 0) is 9.47 Å². The van der Waals surface area contributed by atoms with Crippen molar-refractivity contribution in [1.82, 2.24) is 5.32 Å². The van der Waals surface area contributed by atoms with Gasteiger partial charge in [-0.25, -0.2) is 4.79 Å². The Kier molecular flexibility index (Phi) is 5.52. The molecule has 1 amide bonds. The molecule has 1 fully saturated rings. The van der Waals surface area contributed by atoms with Gasteiger partial charge < -0.3 is 19.9 Å². The van der Waals surface area contributed by atoms with Gasteiger partial charge in [-0.1, -0.05) is 43.7 Å². The first-order valence-corrected chi connectivity index (χ1v) is 9.77. The molecule has 1 saturated heterocycles. The predicted octanol–water partition coefficient (Wildman–Crippen LogP) is 4.43. The maximum atomic E-state index is 12.0. The van der Waals surface area contributed by atoms with Gasteiger partial charge in [-0.2, -0.15) is 0 Å². The van der Waals surface area contributed by atoms with Crippen LogP contribution in [0.3, 0.4) is 0 Å². The fourth-order valence-electron chi connectivity index (χ4n) is 4.74. The highest BCUT2D eigenvalue weighted by Crippen LogP contribution is 2.57. The van der Waals surface area contributed by atoms with Crippen molar-refractivity contribution in [3.05, 3.63) is 41.5 Å².